The number of rotatable bonds is 8. The second-order valence-corrected chi connectivity index (χ2v) is 7.44. The summed E-state index contributed by atoms with van der Waals surface area (Å²) in [6.45, 7) is 11.5. The number of hydrogen-bond acceptors (Lipinski definition) is 3. The molecule has 0 heterocycles. The van der Waals surface area contributed by atoms with Crippen molar-refractivity contribution in [2.75, 3.05) is 13.2 Å². The van der Waals surface area contributed by atoms with E-state index in [9.17, 15) is 0 Å². The highest BCUT2D eigenvalue weighted by atomic mass is 32.1. The van der Waals surface area contributed by atoms with Crippen molar-refractivity contribution in [3.63, 3.8) is 0 Å². The predicted molar refractivity (Wildman–Crippen MR) is 91.5 cm³/mol. The third-order valence-electron chi connectivity index (χ3n) is 5.29. The van der Waals surface area contributed by atoms with Gasteiger partial charge in [0, 0.05) is 0 Å². The van der Waals surface area contributed by atoms with Gasteiger partial charge in [-0.1, -0.05) is 26.8 Å². The van der Waals surface area contributed by atoms with Crippen LogP contribution in [0.15, 0.2) is 12.2 Å². The zero-order valence-electron chi connectivity index (χ0n) is 13.8. The van der Waals surface area contributed by atoms with E-state index in [4.69, 9.17) is 21.7 Å². The molecule has 120 valence electrons. The highest BCUT2D eigenvalue weighted by molar-refractivity contribution is 7.80. The van der Waals surface area contributed by atoms with Crippen molar-refractivity contribution in [2.45, 2.75) is 59.0 Å². The van der Waals surface area contributed by atoms with E-state index < -0.39 is 0 Å². The van der Waals surface area contributed by atoms with E-state index >= 15 is 0 Å². The Bertz CT molecular complexity index is 379. The van der Waals surface area contributed by atoms with Crippen molar-refractivity contribution < 1.29 is 9.47 Å². The van der Waals surface area contributed by atoms with Crippen LogP contribution in [0.2, 0.25) is 0 Å². The highest BCUT2D eigenvalue weighted by Crippen LogP contribution is 2.51. The van der Waals surface area contributed by atoms with Crippen LogP contribution in [0.3, 0.4) is 0 Å². The quantitative estimate of drug-likeness (QED) is 0.365. The van der Waals surface area contributed by atoms with Crippen LogP contribution < -0.4 is 0 Å². The van der Waals surface area contributed by atoms with Gasteiger partial charge in [-0.15, -0.1) is 0 Å². The van der Waals surface area contributed by atoms with E-state index in [1.165, 1.54) is 32.1 Å². The van der Waals surface area contributed by atoms with Crippen molar-refractivity contribution >= 4 is 17.3 Å². The summed E-state index contributed by atoms with van der Waals surface area (Å²) < 4.78 is 11.6. The first-order valence-electron chi connectivity index (χ1n) is 8.45. The average Bonchev–Trinajstić information content (AvgIpc) is 3.02. The van der Waals surface area contributed by atoms with Crippen LogP contribution in [0.25, 0.3) is 0 Å². The normalized spacial score (nSPS) is 32.1. The Balaban J connectivity index is 1.70. The molecule has 2 aliphatic carbocycles. The summed E-state index contributed by atoms with van der Waals surface area (Å²) in [5.41, 5.74) is 0.818. The van der Waals surface area contributed by atoms with Crippen molar-refractivity contribution in [3.8, 4) is 0 Å². The highest BCUT2D eigenvalue weighted by Gasteiger charge is 2.46. The number of ether oxygens (including phenoxy) is 2. The molecule has 0 amide bonds. The van der Waals surface area contributed by atoms with Gasteiger partial charge in [0.25, 0.3) is 0 Å². The third kappa shape index (κ3) is 4.53. The van der Waals surface area contributed by atoms with Gasteiger partial charge < -0.3 is 9.47 Å². The van der Waals surface area contributed by atoms with Gasteiger partial charge in [0.05, 0.1) is 12.7 Å². The summed E-state index contributed by atoms with van der Waals surface area (Å²) in [5.74, 6) is 3.44. The summed E-state index contributed by atoms with van der Waals surface area (Å²) in [6, 6.07) is 0. The van der Waals surface area contributed by atoms with Gasteiger partial charge in [0.15, 0.2) is 5.05 Å². The minimum atomic E-state index is 0.458. The largest absolute Gasteiger partial charge is 0.481 e. The molecule has 3 heteroatoms. The molecule has 5 unspecified atom stereocenters. The van der Waals surface area contributed by atoms with Crippen LogP contribution in [0.5, 0.6) is 0 Å². The van der Waals surface area contributed by atoms with Crippen LogP contribution in [-0.4, -0.2) is 24.4 Å². The first kappa shape index (κ1) is 17.0. The molecule has 2 rings (SSSR count). The van der Waals surface area contributed by atoms with E-state index in [0.29, 0.717) is 24.4 Å². The van der Waals surface area contributed by atoms with Crippen LogP contribution >= 0.6 is 12.2 Å². The Hall–Kier alpha value is -0.410. The van der Waals surface area contributed by atoms with E-state index in [0.717, 1.165) is 29.2 Å². The molecule has 0 aromatic heterocycles. The number of fused-ring (bicyclic) bond motifs is 2. The maximum absolute atomic E-state index is 6.10. The first-order valence-corrected chi connectivity index (χ1v) is 8.86. The van der Waals surface area contributed by atoms with E-state index in [-0.39, 0.29) is 0 Å². The predicted octanol–water partition coefficient (Wildman–Crippen LogP) is 4.77. The summed E-state index contributed by atoms with van der Waals surface area (Å²) in [7, 11) is 0. The summed E-state index contributed by atoms with van der Waals surface area (Å²) in [4.78, 5) is 0. The minimum Gasteiger partial charge on any atom is -0.481 e. The van der Waals surface area contributed by atoms with E-state index in [1.54, 1.807) is 0 Å². The topological polar surface area (TPSA) is 18.5 Å². The summed E-state index contributed by atoms with van der Waals surface area (Å²) in [6.07, 6.45) is 7.22. The lowest BCUT2D eigenvalue weighted by atomic mass is 9.80. The van der Waals surface area contributed by atoms with Gasteiger partial charge in [0.2, 0.25) is 0 Å². The van der Waals surface area contributed by atoms with Gasteiger partial charge >= 0.3 is 0 Å². The maximum atomic E-state index is 6.10. The van der Waals surface area contributed by atoms with E-state index in [1.807, 2.05) is 6.92 Å². The second-order valence-electron chi connectivity index (χ2n) is 7.07. The Kier molecular flexibility index (Phi) is 6.24. The van der Waals surface area contributed by atoms with Gasteiger partial charge in [-0.2, -0.15) is 0 Å². The molecule has 0 spiro atoms. The Morgan fingerprint density at radius 2 is 2.05 bits per heavy atom. The number of thiocarbonyl (C=S) groups is 1. The lowest BCUT2D eigenvalue weighted by molar-refractivity contribution is -0.0173. The van der Waals surface area contributed by atoms with Gasteiger partial charge in [-0.25, -0.2) is 0 Å². The van der Waals surface area contributed by atoms with Crippen LogP contribution in [0, 0.1) is 23.7 Å². The summed E-state index contributed by atoms with van der Waals surface area (Å²) in [5, 5.41) is 0.515. The molecule has 2 bridgehead atoms. The second kappa shape index (κ2) is 7.73. The molecule has 0 aromatic rings. The molecule has 0 aromatic carbocycles. The van der Waals surface area contributed by atoms with Crippen molar-refractivity contribution in [3.05, 3.63) is 12.2 Å². The van der Waals surface area contributed by atoms with Crippen LogP contribution in [-0.2, 0) is 9.47 Å². The van der Waals surface area contributed by atoms with Gasteiger partial charge in [0.1, 0.15) is 6.61 Å². The molecule has 0 aliphatic heterocycles. The van der Waals surface area contributed by atoms with Crippen molar-refractivity contribution in [1.82, 2.24) is 0 Å². The number of hydrogen-bond donors (Lipinski definition) is 0. The standard InChI is InChI=1S/C18H30O2S/c1-5-13(4)8-15-9-14-10-16(15)17(11-14)19-6-7-20-18(21)12(2)3/h13-17H,2,5-11H2,1,3-4H3. The smallest absolute Gasteiger partial charge is 0.186 e. The molecule has 2 nitrogen and oxygen atoms in total. The molecule has 21 heavy (non-hydrogen) atoms. The zero-order valence-corrected chi connectivity index (χ0v) is 14.6. The van der Waals surface area contributed by atoms with Crippen molar-refractivity contribution in [2.24, 2.45) is 23.7 Å². The fourth-order valence-electron chi connectivity index (χ4n) is 4.03. The molecule has 2 aliphatic rings. The third-order valence-corrected chi connectivity index (χ3v) is 5.76. The molecule has 5 atom stereocenters. The molecular formula is C18H30O2S. The monoisotopic (exact) mass is 310 g/mol. The van der Waals surface area contributed by atoms with Crippen LogP contribution in [0.4, 0.5) is 0 Å². The molecule has 2 saturated carbocycles. The Morgan fingerprint density at radius 1 is 1.29 bits per heavy atom. The lowest BCUT2D eigenvalue weighted by Gasteiger charge is -2.31. The Labute approximate surface area is 135 Å². The first-order chi connectivity index (χ1) is 10.0. The lowest BCUT2D eigenvalue weighted by Crippen LogP contribution is -2.29. The molecule has 0 saturated heterocycles. The average molecular weight is 311 g/mol. The van der Waals surface area contributed by atoms with E-state index in [2.05, 4.69) is 20.4 Å². The SMILES string of the molecule is C=C(C)C(=S)OCCOC1CC2CC(CC(C)CC)C1C2. The van der Waals surface area contributed by atoms with Crippen LogP contribution in [0.1, 0.15) is 52.9 Å². The fraction of sp³-hybridized carbons (Fsp3) is 0.833. The fourth-order valence-corrected chi connectivity index (χ4v) is 4.11. The summed E-state index contributed by atoms with van der Waals surface area (Å²) >= 11 is 5.08. The molecular weight excluding hydrogens is 280 g/mol. The molecule has 2 fully saturated rings. The zero-order chi connectivity index (χ0) is 15.4. The maximum Gasteiger partial charge on any atom is 0.186 e. The Morgan fingerprint density at radius 3 is 2.67 bits per heavy atom. The van der Waals surface area contributed by atoms with Gasteiger partial charge in [-0.05, 0) is 74.1 Å². The molecule has 0 N–H and O–H groups in total. The molecule has 0 radical (unpaired) electrons. The van der Waals surface area contributed by atoms with Crippen molar-refractivity contribution in [1.29, 1.82) is 0 Å². The van der Waals surface area contributed by atoms with Gasteiger partial charge in [-0.3, -0.25) is 0 Å². The minimum absolute atomic E-state index is 0.458.